The molecular formula is C16H12Cl2N2O5. The molecular weight excluding hydrogens is 371 g/mol. The van der Waals surface area contributed by atoms with E-state index in [0.717, 1.165) is 0 Å². The van der Waals surface area contributed by atoms with Crippen LogP contribution in [0.2, 0.25) is 10.0 Å². The lowest BCUT2D eigenvalue weighted by molar-refractivity contribution is -0.385. The van der Waals surface area contributed by atoms with Crippen molar-refractivity contribution >= 4 is 46.5 Å². The van der Waals surface area contributed by atoms with Gasteiger partial charge in [-0.25, -0.2) is 4.79 Å². The highest BCUT2D eigenvalue weighted by Crippen LogP contribution is 2.23. The van der Waals surface area contributed by atoms with Crippen LogP contribution >= 0.6 is 23.2 Å². The van der Waals surface area contributed by atoms with Gasteiger partial charge in [-0.1, -0.05) is 29.3 Å². The first-order valence-electron chi connectivity index (χ1n) is 6.95. The van der Waals surface area contributed by atoms with Gasteiger partial charge in [0.05, 0.1) is 15.5 Å². The first-order valence-corrected chi connectivity index (χ1v) is 7.70. The maximum atomic E-state index is 11.9. The number of carbonyl (C=O) groups is 2. The van der Waals surface area contributed by atoms with Crippen LogP contribution < -0.4 is 5.32 Å². The lowest BCUT2D eigenvalue weighted by atomic mass is 10.2. The van der Waals surface area contributed by atoms with Crippen molar-refractivity contribution in [1.29, 1.82) is 0 Å². The lowest BCUT2D eigenvalue weighted by Gasteiger charge is -2.08. The number of carbonyl (C=O) groups excluding carboxylic acids is 2. The Labute approximate surface area is 152 Å². The van der Waals surface area contributed by atoms with Crippen molar-refractivity contribution in [2.24, 2.45) is 0 Å². The van der Waals surface area contributed by atoms with E-state index in [9.17, 15) is 19.7 Å². The van der Waals surface area contributed by atoms with Gasteiger partial charge in [0, 0.05) is 22.3 Å². The van der Waals surface area contributed by atoms with E-state index in [-0.39, 0.29) is 22.0 Å². The van der Waals surface area contributed by atoms with Gasteiger partial charge < -0.3 is 10.1 Å². The minimum absolute atomic E-state index is 0.0351. The highest BCUT2D eigenvalue weighted by Gasteiger charge is 2.16. The monoisotopic (exact) mass is 382 g/mol. The van der Waals surface area contributed by atoms with Crippen LogP contribution in [-0.4, -0.2) is 23.4 Å². The fourth-order valence-electron chi connectivity index (χ4n) is 1.94. The Balaban J connectivity index is 1.99. The summed E-state index contributed by atoms with van der Waals surface area (Å²) in [6.45, 7) is 1.00. The number of halogens is 2. The van der Waals surface area contributed by atoms with Crippen molar-refractivity contribution in [3.8, 4) is 0 Å². The number of aryl methyl sites for hydroxylation is 1. The van der Waals surface area contributed by atoms with Crippen LogP contribution in [0.4, 0.5) is 11.4 Å². The molecule has 0 heterocycles. The summed E-state index contributed by atoms with van der Waals surface area (Å²) < 4.78 is 4.87. The quantitative estimate of drug-likeness (QED) is 0.478. The molecule has 0 saturated heterocycles. The van der Waals surface area contributed by atoms with Gasteiger partial charge in [-0.2, -0.15) is 0 Å². The molecule has 0 unspecified atom stereocenters. The molecule has 0 spiro atoms. The number of ether oxygens (including phenoxy) is 1. The van der Waals surface area contributed by atoms with Crippen LogP contribution in [0, 0.1) is 17.0 Å². The summed E-state index contributed by atoms with van der Waals surface area (Å²) in [5.74, 6) is -1.46. The number of nitrogens with one attached hydrogen (secondary N) is 1. The van der Waals surface area contributed by atoms with Gasteiger partial charge in [0.1, 0.15) is 0 Å². The second kappa shape index (κ2) is 7.96. The van der Waals surface area contributed by atoms with E-state index in [4.69, 9.17) is 27.9 Å². The van der Waals surface area contributed by atoms with E-state index in [0.29, 0.717) is 10.6 Å². The summed E-state index contributed by atoms with van der Waals surface area (Å²) in [6.07, 6.45) is 0. The van der Waals surface area contributed by atoms with Crippen molar-refractivity contribution in [2.75, 3.05) is 11.9 Å². The van der Waals surface area contributed by atoms with Gasteiger partial charge >= 0.3 is 5.97 Å². The number of benzene rings is 2. The molecule has 0 radical (unpaired) electrons. The molecule has 25 heavy (non-hydrogen) atoms. The van der Waals surface area contributed by atoms with Gasteiger partial charge in [0.25, 0.3) is 11.6 Å². The number of nitro groups is 1. The Morgan fingerprint density at radius 3 is 2.60 bits per heavy atom. The molecule has 0 aromatic heterocycles. The molecule has 2 aromatic carbocycles. The predicted octanol–water partition coefficient (Wildman–Crippen LogP) is 4.01. The smallest absolute Gasteiger partial charge is 0.340 e. The second-order valence-corrected chi connectivity index (χ2v) is 5.85. The Morgan fingerprint density at radius 1 is 1.20 bits per heavy atom. The van der Waals surface area contributed by atoms with E-state index in [2.05, 4.69) is 5.32 Å². The third kappa shape index (κ3) is 4.91. The fourth-order valence-corrected chi connectivity index (χ4v) is 2.31. The zero-order valence-corrected chi connectivity index (χ0v) is 14.4. The number of amides is 1. The van der Waals surface area contributed by atoms with Crippen molar-refractivity contribution in [3.05, 3.63) is 67.7 Å². The first-order chi connectivity index (χ1) is 11.8. The van der Waals surface area contributed by atoms with E-state index < -0.39 is 23.4 Å². The van der Waals surface area contributed by atoms with Crippen molar-refractivity contribution in [1.82, 2.24) is 0 Å². The third-order valence-electron chi connectivity index (χ3n) is 3.17. The van der Waals surface area contributed by atoms with Gasteiger partial charge in [0.2, 0.25) is 0 Å². The topological polar surface area (TPSA) is 98.5 Å². The number of nitro benzene ring substituents is 1. The predicted molar refractivity (Wildman–Crippen MR) is 93.2 cm³/mol. The van der Waals surface area contributed by atoms with Crippen LogP contribution in [0.15, 0.2) is 36.4 Å². The highest BCUT2D eigenvalue weighted by molar-refractivity contribution is 6.35. The van der Waals surface area contributed by atoms with Gasteiger partial charge in [-0.05, 0) is 31.2 Å². The Kier molecular flexibility index (Phi) is 5.95. The third-order valence-corrected chi connectivity index (χ3v) is 3.74. The summed E-state index contributed by atoms with van der Waals surface area (Å²) >= 11 is 11.7. The van der Waals surface area contributed by atoms with Crippen LogP contribution in [-0.2, 0) is 9.53 Å². The van der Waals surface area contributed by atoms with E-state index in [1.807, 2.05) is 0 Å². The molecule has 0 fully saturated rings. The van der Waals surface area contributed by atoms with Gasteiger partial charge in [-0.15, -0.1) is 0 Å². The largest absolute Gasteiger partial charge is 0.452 e. The number of anilines is 1. The number of nitrogens with zero attached hydrogens (tertiary/aromatic N) is 1. The summed E-state index contributed by atoms with van der Waals surface area (Å²) in [7, 11) is 0. The zero-order valence-electron chi connectivity index (χ0n) is 12.9. The average Bonchev–Trinajstić information content (AvgIpc) is 2.56. The van der Waals surface area contributed by atoms with Gasteiger partial charge in [0.15, 0.2) is 6.61 Å². The number of rotatable bonds is 5. The van der Waals surface area contributed by atoms with Crippen molar-refractivity contribution in [2.45, 2.75) is 6.92 Å². The molecule has 0 aliphatic rings. The molecule has 0 saturated carbocycles. The molecule has 7 nitrogen and oxygen atoms in total. The maximum Gasteiger partial charge on any atom is 0.340 e. The molecule has 1 N–H and O–H groups in total. The average molecular weight is 383 g/mol. The molecule has 2 rings (SSSR count). The van der Waals surface area contributed by atoms with E-state index >= 15 is 0 Å². The molecule has 130 valence electrons. The standard InChI is InChI=1S/C16H12Cl2N2O5/c1-9-2-4-11(7-14(9)20(23)24)19-15(21)8-25-16(22)12-6-10(17)3-5-13(12)18/h2-7H,8H2,1H3,(H,19,21). The Bertz CT molecular complexity index is 854. The molecule has 0 bridgehead atoms. The Hall–Kier alpha value is -2.64. The normalized spacial score (nSPS) is 10.2. The van der Waals surface area contributed by atoms with E-state index in [1.165, 1.54) is 36.4 Å². The maximum absolute atomic E-state index is 11.9. The fraction of sp³-hybridized carbons (Fsp3) is 0.125. The molecule has 0 aliphatic heterocycles. The van der Waals surface area contributed by atoms with Crippen molar-refractivity contribution in [3.63, 3.8) is 0 Å². The summed E-state index contributed by atoms with van der Waals surface area (Å²) in [5, 5.41) is 13.8. The SMILES string of the molecule is Cc1ccc(NC(=O)COC(=O)c2cc(Cl)ccc2Cl)cc1[N+](=O)[O-]. The highest BCUT2D eigenvalue weighted by atomic mass is 35.5. The van der Waals surface area contributed by atoms with E-state index in [1.54, 1.807) is 6.92 Å². The minimum Gasteiger partial charge on any atom is -0.452 e. The minimum atomic E-state index is -0.808. The molecule has 9 heteroatoms. The van der Waals surface area contributed by atoms with Crippen LogP contribution in [0.5, 0.6) is 0 Å². The summed E-state index contributed by atoms with van der Waals surface area (Å²) in [5.41, 5.74) is 0.595. The summed E-state index contributed by atoms with van der Waals surface area (Å²) in [6, 6.07) is 8.52. The van der Waals surface area contributed by atoms with Crippen LogP contribution in [0.3, 0.4) is 0 Å². The number of hydrogen-bond donors (Lipinski definition) is 1. The molecule has 0 atom stereocenters. The van der Waals surface area contributed by atoms with Crippen LogP contribution in [0.25, 0.3) is 0 Å². The number of esters is 1. The Morgan fingerprint density at radius 2 is 1.92 bits per heavy atom. The molecule has 2 aromatic rings. The van der Waals surface area contributed by atoms with Crippen molar-refractivity contribution < 1.29 is 19.2 Å². The summed E-state index contributed by atoms with van der Waals surface area (Å²) in [4.78, 5) is 34.1. The zero-order chi connectivity index (χ0) is 18.6. The second-order valence-electron chi connectivity index (χ2n) is 5.01. The van der Waals surface area contributed by atoms with Crippen LogP contribution in [0.1, 0.15) is 15.9 Å². The first kappa shape index (κ1) is 18.7. The lowest BCUT2D eigenvalue weighted by Crippen LogP contribution is -2.21. The molecule has 1 amide bonds. The number of hydrogen-bond acceptors (Lipinski definition) is 5. The molecule has 0 aliphatic carbocycles. The van der Waals surface area contributed by atoms with Gasteiger partial charge in [-0.3, -0.25) is 14.9 Å².